The second-order valence-electron chi connectivity index (χ2n) is 4.05. The number of amides is 1. The average molecular weight is 326 g/mol. The zero-order chi connectivity index (χ0) is 16.3. The zero-order valence-electron chi connectivity index (χ0n) is 10.9. The maximum Gasteiger partial charge on any atom is 0.260 e. The molecule has 0 aliphatic carbocycles. The van der Waals surface area contributed by atoms with Crippen LogP contribution in [-0.2, 0) is 0 Å². The van der Waals surface area contributed by atoms with Crippen molar-refractivity contribution in [2.45, 2.75) is 13.3 Å². The van der Waals surface area contributed by atoms with Gasteiger partial charge in [0, 0.05) is 19.5 Å². The standard InChI is InChI=1S/C12H11F5N2OS/c1-2-19(4-3-5(18)21)12(20)6-7(13)9(15)11(17)10(16)8(6)14/h2-4H2,1H3,(H2,18,21). The minimum atomic E-state index is -2.31. The van der Waals surface area contributed by atoms with Gasteiger partial charge >= 0.3 is 0 Å². The van der Waals surface area contributed by atoms with Crippen molar-refractivity contribution in [1.29, 1.82) is 0 Å². The predicted octanol–water partition coefficient (Wildman–Crippen LogP) is 2.52. The van der Waals surface area contributed by atoms with Gasteiger partial charge in [-0.3, -0.25) is 4.79 Å². The van der Waals surface area contributed by atoms with Gasteiger partial charge in [-0.1, -0.05) is 12.2 Å². The van der Waals surface area contributed by atoms with Crippen molar-refractivity contribution < 1.29 is 26.7 Å². The summed E-state index contributed by atoms with van der Waals surface area (Å²) in [6.07, 6.45) is 0.0598. The molecule has 0 atom stereocenters. The van der Waals surface area contributed by atoms with Gasteiger partial charge in [-0.15, -0.1) is 0 Å². The van der Waals surface area contributed by atoms with Gasteiger partial charge in [0.15, 0.2) is 23.3 Å². The van der Waals surface area contributed by atoms with E-state index in [1.807, 2.05) is 0 Å². The van der Waals surface area contributed by atoms with E-state index in [0.717, 1.165) is 4.90 Å². The number of nitrogens with two attached hydrogens (primary N) is 1. The van der Waals surface area contributed by atoms with Crippen molar-refractivity contribution >= 4 is 23.1 Å². The van der Waals surface area contributed by atoms with Crippen LogP contribution in [0.25, 0.3) is 0 Å². The lowest BCUT2D eigenvalue weighted by Crippen LogP contribution is -2.35. The summed E-state index contributed by atoms with van der Waals surface area (Å²) in [5.41, 5.74) is 3.75. The summed E-state index contributed by atoms with van der Waals surface area (Å²) in [6, 6.07) is 0. The quantitative estimate of drug-likeness (QED) is 0.391. The van der Waals surface area contributed by atoms with Crippen molar-refractivity contribution in [1.82, 2.24) is 4.90 Å². The van der Waals surface area contributed by atoms with Gasteiger partial charge in [-0.2, -0.15) is 0 Å². The smallest absolute Gasteiger partial charge is 0.260 e. The van der Waals surface area contributed by atoms with Gasteiger partial charge in [-0.05, 0) is 6.92 Å². The number of carbonyl (C=O) groups is 1. The number of carbonyl (C=O) groups excluding carboxylic acids is 1. The Morgan fingerprint density at radius 2 is 1.48 bits per heavy atom. The largest absolute Gasteiger partial charge is 0.393 e. The van der Waals surface area contributed by atoms with E-state index < -0.39 is 40.6 Å². The van der Waals surface area contributed by atoms with Gasteiger partial charge in [0.05, 0.1) is 4.99 Å². The Morgan fingerprint density at radius 1 is 1.05 bits per heavy atom. The Balaban J connectivity index is 3.26. The third-order valence-corrected chi connectivity index (χ3v) is 2.92. The summed E-state index contributed by atoms with van der Waals surface area (Å²) in [4.78, 5) is 12.9. The molecule has 0 radical (unpaired) electrons. The molecule has 0 saturated heterocycles. The molecule has 0 spiro atoms. The van der Waals surface area contributed by atoms with Crippen LogP contribution in [0.2, 0.25) is 0 Å². The molecule has 116 valence electrons. The molecule has 1 rings (SSSR count). The highest BCUT2D eigenvalue weighted by Crippen LogP contribution is 2.24. The van der Waals surface area contributed by atoms with E-state index in [1.165, 1.54) is 6.92 Å². The first-order valence-corrected chi connectivity index (χ1v) is 6.22. The van der Waals surface area contributed by atoms with E-state index in [-0.39, 0.29) is 24.5 Å². The van der Waals surface area contributed by atoms with Gasteiger partial charge in [0.25, 0.3) is 5.91 Å². The van der Waals surface area contributed by atoms with E-state index in [1.54, 1.807) is 0 Å². The first kappa shape index (κ1) is 17.3. The maximum atomic E-state index is 13.5. The lowest BCUT2D eigenvalue weighted by molar-refractivity contribution is 0.0755. The number of hydrogen-bond donors (Lipinski definition) is 1. The fraction of sp³-hybridized carbons (Fsp3) is 0.333. The second kappa shape index (κ2) is 6.79. The molecule has 0 aliphatic heterocycles. The summed E-state index contributed by atoms with van der Waals surface area (Å²) in [5.74, 6) is -12.3. The highest BCUT2D eigenvalue weighted by molar-refractivity contribution is 7.80. The maximum absolute atomic E-state index is 13.5. The van der Waals surface area contributed by atoms with Gasteiger partial charge in [0.2, 0.25) is 5.82 Å². The predicted molar refractivity (Wildman–Crippen MR) is 69.2 cm³/mol. The van der Waals surface area contributed by atoms with E-state index in [0.29, 0.717) is 0 Å². The molecule has 0 bridgehead atoms. The molecule has 0 fully saturated rings. The first-order chi connectivity index (χ1) is 9.72. The molecule has 0 heterocycles. The highest BCUT2D eigenvalue weighted by atomic mass is 32.1. The number of hydrogen-bond acceptors (Lipinski definition) is 2. The van der Waals surface area contributed by atoms with Crippen LogP contribution < -0.4 is 5.73 Å². The molecule has 1 aromatic rings. The highest BCUT2D eigenvalue weighted by Gasteiger charge is 2.31. The average Bonchev–Trinajstić information content (AvgIpc) is 2.43. The summed E-state index contributed by atoms with van der Waals surface area (Å²) >= 11 is 4.60. The van der Waals surface area contributed by atoms with E-state index in [4.69, 9.17) is 5.73 Å². The molecule has 0 saturated carbocycles. The van der Waals surface area contributed by atoms with Crippen LogP contribution in [0.5, 0.6) is 0 Å². The van der Waals surface area contributed by atoms with E-state index >= 15 is 0 Å². The number of benzene rings is 1. The molecule has 2 N–H and O–H groups in total. The molecule has 0 aromatic heterocycles. The van der Waals surface area contributed by atoms with Crippen molar-refractivity contribution in [3.05, 3.63) is 34.6 Å². The molecule has 0 aliphatic rings. The molecule has 0 unspecified atom stereocenters. The Morgan fingerprint density at radius 3 is 1.86 bits per heavy atom. The van der Waals surface area contributed by atoms with Gasteiger partial charge in [0.1, 0.15) is 5.56 Å². The Labute approximate surface area is 122 Å². The van der Waals surface area contributed by atoms with Crippen LogP contribution >= 0.6 is 12.2 Å². The van der Waals surface area contributed by atoms with Crippen LogP contribution in [0.15, 0.2) is 0 Å². The molecular formula is C12H11F5N2OS. The lowest BCUT2D eigenvalue weighted by Gasteiger charge is -2.21. The molecule has 21 heavy (non-hydrogen) atoms. The zero-order valence-corrected chi connectivity index (χ0v) is 11.7. The number of nitrogens with zero attached hydrogens (tertiary/aromatic N) is 1. The van der Waals surface area contributed by atoms with Crippen molar-refractivity contribution in [3.8, 4) is 0 Å². The van der Waals surface area contributed by atoms with Crippen LogP contribution in [0.1, 0.15) is 23.7 Å². The van der Waals surface area contributed by atoms with Crippen molar-refractivity contribution in [2.75, 3.05) is 13.1 Å². The summed E-state index contributed by atoms with van der Waals surface area (Å²) in [5, 5.41) is 0. The summed E-state index contributed by atoms with van der Waals surface area (Å²) in [6.45, 7) is 1.37. The molecule has 9 heteroatoms. The summed E-state index contributed by atoms with van der Waals surface area (Å²) in [7, 11) is 0. The molecule has 3 nitrogen and oxygen atoms in total. The van der Waals surface area contributed by atoms with Crippen molar-refractivity contribution in [3.63, 3.8) is 0 Å². The van der Waals surface area contributed by atoms with Crippen LogP contribution in [0.4, 0.5) is 22.0 Å². The summed E-state index contributed by atoms with van der Waals surface area (Å²) < 4.78 is 66.1. The monoisotopic (exact) mass is 326 g/mol. The van der Waals surface area contributed by atoms with Crippen LogP contribution in [0.3, 0.4) is 0 Å². The number of halogens is 5. The Kier molecular flexibility index (Phi) is 5.59. The topological polar surface area (TPSA) is 46.3 Å². The Hall–Kier alpha value is -1.77. The lowest BCUT2D eigenvalue weighted by atomic mass is 10.1. The number of rotatable bonds is 5. The van der Waals surface area contributed by atoms with Crippen LogP contribution in [0, 0.1) is 29.1 Å². The normalized spacial score (nSPS) is 10.6. The fourth-order valence-corrected chi connectivity index (χ4v) is 1.69. The van der Waals surface area contributed by atoms with E-state index in [2.05, 4.69) is 12.2 Å². The SMILES string of the molecule is CCN(CCC(N)=S)C(=O)c1c(F)c(F)c(F)c(F)c1F. The molecule has 1 amide bonds. The van der Waals surface area contributed by atoms with Crippen molar-refractivity contribution in [2.24, 2.45) is 5.73 Å². The van der Waals surface area contributed by atoms with Gasteiger partial charge in [-0.25, -0.2) is 22.0 Å². The minimum absolute atomic E-state index is 0.0130. The fourth-order valence-electron chi connectivity index (χ4n) is 1.60. The second-order valence-corrected chi connectivity index (χ2v) is 4.57. The third-order valence-electron chi connectivity index (χ3n) is 2.72. The molecular weight excluding hydrogens is 315 g/mol. The Bertz CT molecular complexity index is 564. The third kappa shape index (κ3) is 3.46. The first-order valence-electron chi connectivity index (χ1n) is 5.81. The van der Waals surface area contributed by atoms with E-state index in [9.17, 15) is 26.7 Å². The van der Waals surface area contributed by atoms with Gasteiger partial charge < -0.3 is 10.6 Å². The molecule has 1 aromatic carbocycles. The minimum Gasteiger partial charge on any atom is -0.393 e. The number of thiocarbonyl (C=S) groups is 1. The van der Waals surface area contributed by atoms with Crippen LogP contribution in [-0.4, -0.2) is 28.9 Å².